The molecule has 3 aromatic rings. The van der Waals surface area contributed by atoms with Crippen LogP contribution in [0.5, 0.6) is 0 Å². The number of aryl methyl sites for hydroxylation is 3. The van der Waals surface area contributed by atoms with E-state index in [0.717, 1.165) is 79.5 Å². The number of nitriles is 3. The van der Waals surface area contributed by atoms with Crippen LogP contribution in [0.25, 0.3) is 21.5 Å². The van der Waals surface area contributed by atoms with Crippen molar-refractivity contribution in [3.63, 3.8) is 0 Å². The van der Waals surface area contributed by atoms with Gasteiger partial charge in [0.1, 0.15) is 18.2 Å². The zero-order chi connectivity index (χ0) is 23.1. The molecule has 3 rings (SSSR count). The van der Waals surface area contributed by atoms with E-state index in [1.165, 1.54) is 16.5 Å². The fourth-order valence-electron chi connectivity index (χ4n) is 4.83. The zero-order valence-electron chi connectivity index (χ0n) is 19.5. The summed E-state index contributed by atoms with van der Waals surface area (Å²) in [6.07, 6.45) is 9.03. The molecule has 0 aliphatic heterocycles. The molecule has 0 saturated carbocycles. The summed E-state index contributed by atoms with van der Waals surface area (Å²) in [5.74, 6) is 0. The Morgan fingerprint density at radius 1 is 0.656 bits per heavy atom. The summed E-state index contributed by atoms with van der Waals surface area (Å²) in [4.78, 5) is 0. The standard InChI is InChI=1S/C29H31N3/c1-4-7-11-20-12-10-13-21-16-24-26(18-31)27(19-32)25(17-30)22(14-8-5-2)29(24)23(28(20)21)15-9-6-3/h10,12-13,16H,4-9,11,14-15H2,1-3H3. The summed E-state index contributed by atoms with van der Waals surface area (Å²) in [5.41, 5.74) is 4.54. The summed E-state index contributed by atoms with van der Waals surface area (Å²) < 4.78 is 0. The summed E-state index contributed by atoms with van der Waals surface area (Å²) >= 11 is 0. The number of hydrogen-bond acceptors (Lipinski definition) is 3. The monoisotopic (exact) mass is 421 g/mol. The van der Waals surface area contributed by atoms with Crippen molar-refractivity contribution in [3.8, 4) is 18.2 Å². The molecule has 0 N–H and O–H groups in total. The normalized spacial score (nSPS) is 10.8. The minimum absolute atomic E-state index is 0.233. The average Bonchev–Trinajstić information content (AvgIpc) is 2.82. The number of unbranched alkanes of at least 4 members (excludes halogenated alkanes) is 3. The molecular formula is C29H31N3. The first kappa shape index (κ1) is 23.3. The minimum Gasteiger partial charge on any atom is -0.192 e. The van der Waals surface area contributed by atoms with Crippen LogP contribution in [0.1, 0.15) is 92.7 Å². The number of rotatable bonds is 9. The Morgan fingerprint density at radius 2 is 1.25 bits per heavy atom. The lowest BCUT2D eigenvalue weighted by atomic mass is 9.81. The molecule has 0 spiro atoms. The quantitative estimate of drug-likeness (QED) is 0.333. The number of benzene rings is 3. The van der Waals surface area contributed by atoms with E-state index in [1.807, 2.05) is 0 Å². The van der Waals surface area contributed by atoms with E-state index in [9.17, 15) is 15.8 Å². The predicted octanol–water partition coefficient (Wildman–Crippen LogP) is 7.64. The van der Waals surface area contributed by atoms with Crippen molar-refractivity contribution < 1.29 is 0 Å². The Labute approximate surface area is 191 Å². The summed E-state index contributed by atoms with van der Waals surface area (Å²) in [6, 6.07) is 15.3. The van der Waals surface area contributed by atoms with E-state index in [4.69, 9.17) is 0 Å². The molecule has 0 heterocycles. The molecule has 0 aliphatic rings. The van der Waals surface area contributed by atoms with Crippen LogP contribution in [0, 0.1) is 34.0 Å². The zero-order valence-corrected chi connectivity index (χ0v) is 19.5. The lowest BCUT2D eigenvalue weighted by Crippen LogP contribution is -2.05. The first-order valence-electron chi connectivity index (χ1n) is 11.9. The molecule has 162 valence electrons. The molecular weight excluding hydrogens is 390 g/mol. The van der Waals surface area contributed by atoms with E-state index < -0.39 is 0 Å². The lowest BCUT2D eigenvalue weighted by Gasteiger charge is -2.20. The van der Waals surface area contributed by atoms with Crippen LogP contribution in [0.4, 0.5) is 0 Å². The fourth-order valence-corrected chi connectivity index (χ4v) is 4.83. The van der Waals surface area contributed by atoms with Crippen molar-refractivity contribution in [1.82, 2.24) is 0 Å². The Morgan fingerprint density at radius 3 is 1.84 bits per heavy atom. The highest BCUT2D eigenvalue weighted by atomic mass is 14.3. The van der Waals surface area contributed by atoms with Gasteiger partial charge in [0.05, 0.1) is 16.7 Å². The highest BCUT2D eigenvalue weighted by molar-refractivity contribution is 6.08. The van der Waals surface area contributed by atoms with Gasteiger partial charge in [-0.1, -0.05) is 58.2 Å². The first-order chi connectivity index (χ1) is 15.7. The fraction of sp³-hybridized carbons (Fsp3) is 0.414. The Hall–Kier alpha value is -3.35. The smallest absolute Gasteiger partial charge is 0.102 e. The van der Waals surface area contributed by atoms with Gasteiger partial charge in [0.25, 0.3) is 0 Å². The van der Waals surface area contributed by atoms with Crippen LogP contribution < -0.4 is 0 Å². The van der Waals surface area contributed by atoms with Crippen LogP contribution in [-0.4, -0.2) is 0 Å². The van der Waals surface area contributed by atoms with Crippen molar-refractivity contribution in [2.24, 2.45) is 0 Å². The Bertz CT molecular complexity index is 1260. The van der Waals surface area contributed by atoms with Crippen molar-refractivity contribution >= 4 is 21.5 Å². The van der Waals surface area contributed by atoms with Crippen molar-refractivity contribution in [3.05, 3.63) is 57.6 Å². The maximum atomic E-state index is 10.0. The molecule has 0 atom stereocenters. The van der Waals surface area contributed by atoms with E-state index in [-0.39, 0.29) is 5.56 Å². The van der Waals surface area contributed by atoms with Gasteiger partial charge >= 0.3 is 0 Å². The van der Waals surface area contributed by atoms with E-state index in [0.29, 0.717) is 11.1 Å². The number of nitrogens with zero attached hydrogens (tertiary/aromatic N) is 3. The largest absolute Gasteiger partial charge is 0.192 e. The highest BCUT2D eigenvalue weighted by Gasteiger charge is 2.23. The third-order valence-corrected chi connectivity index (χ3v) is 6.42. The molecule has 0 aliphatic carbocycles. The van der Waals surface area contributed by atoms with Gasteiger partial charge in [0, 0.05) is 5.39 Å². The summed E-state index contributed by atoms with van der Waals surface area (Å²) in [7, 11) is 0. The Balaban J connectivity index is 2.59. The van der Waals surface area contributed by atoms with Crippen molar-refractivity contribution in [2.75, 3.05) is 0 Å². The highest BCUT2D eigenvalue weighted by Crippen LogP contribution is 2.39. The Kier molecular flexibility index (Phi) is 7.87. The van der Waals surface area contributed by atoms with E-state index in [1.54, 1.807) is 0 Å². The SMILES string of the molecule is CCCCc1cccc2cc3c(C#N)c(C#N)c(C#N)c(CCCC)c3c(CCCC)c12. The third-order valence-electron chi connectivity index (χ3n) is 6.42. The molecule has 3 heteroatoms. The number of fused-ring (bicyclic) bond motifs is 2. The second-order valence-electron chi connectivity index (χ2n) is 8.54. The van der Waals surface area contributed by atoms with Gasteiger partial charge in [-0.05, 0) is 77.4 Å². The average molecular weight is 422 g/mol. The topological polar surface area (TPSA) is 71.4 Å². The van der Waals surface area contributed by atoms with Crippen LogP contribution in [-0.2, 0) is 19.3 Å². The van der Waals surface area contributed by atoms with E-state index in [2.05, 4.69) is 63.2 Å². The molecule has 0 amide bonds. The third kappa shape index (κ3) is 4.20. The van der Waals surface area contributed by atoms with Crippen molar-refractivity contribution in [1.29, 1.82) is 15.8 Å². The van der Waals surface area contributed by atoms with Crippen LogP contribution in [0.3, 0.4) is 0 Å². The maximum absolute atomic E-state index is 10.0. The second kappa shape index (κ2) is 10.8. The second-order valence-corrected chi connectivity index (χ2v) is 8.54. The van der Waals surface area contributed by atoms with Gasteiger partial charge < -0.3 is 0 Å². The summed E-state index contributed by atoms with van der Waals surface area (Å²) in [6.45, 7) is 6.54. The maximum Gasteiger partial charge on any atom is 0.102 e. The molecule has 0 radical (unpaired) electrons. The molecule has 0 fully saturated rings. The van der Waals surface area contributed by atoms with Gasteiger partial charge in [-0.15, -0.1) is 0 Å². The summed E-state index contributed by atoms with van der Waals surface area (Å²) in [5, 5.41) is 34.3. The van der Waals surface area contributed by atoms with E-state index >= 15 is 0 Å². The molecule has 3 nitrogen and oxygen atoms in total. The van der Waals surface area contributed by atoms with Gasteiger partial charge in [0.2, 0.25) is 0 Å². The molecule has 0 unspecified atom stereocenters. The van der Waals surface area contributed by atoms with Crippen molar-refractivity contribution in [2.45, 2.75) is 78.6 Å². The van der Waals surface area contributed by atoms with Gasteiger partial charge in [0.15, 0.2) is 0 Å². The number of hydrogen-bond donors (Lipinski definition) is 0. The van der Waals surface area contributed by atoms with Crippen LogP contribution in [0.15, 0.2) is 24.3 Å². The van der Waals surface area contributed by atoms with Gasteiger partial charge in [-0.3, -0.25) is 0 Å². The molecule has 32 heavy (non-hydrogen) atoms. The predicted molar refractivity (Wildman–Crippen MR) is 131 cm³/mol. The molecule has 0 bridgehead atoms. The molecule has 0 saturated heterocycles. The van der Waals surface area contributed by atoms with Crippen LogP contribution >= 0.6 is 0 Å². The van der Waals surface area contributed by atoms with Crippen LogP contribution in [0.2, 0.25) is 0 Å². The molecule has 3 aromatic carbocycles. The lowest BCUT2D eigenvalue weighted by molar-refractivity contribution is 0.786. The first-order valence-corrected chi connectivity index (χ1v) is 11.9. The van der Waals surface area contributed by atoms with Gasteiger partial charge in [-0.25, -0.2) is 0 Å². The minimum atomic E-state index is 0.233. The molecule has 0 aromatic heterocycles. The van der Waals surface area contributed by atoms with Gasteiger partial charge in [-0.2, -0.15) is 15.8 Å².